The SMILES string of the molecule is CCCCCCCCCCCCCCCCC1COC(C)(CCC(=O)[O-])O1.[Na+]. The quantitative estimate of drug-likeness (QED) is 0.259. The molecule has 1 saturated heterocycles. The van der Waals surface area contributed by atoms with Crippen LogP contribution in [0.1, 0.15) is 123 Å². The van der Waals surface area contributed by atoms with E-state index in [1.54, 1.807) is 0 Å². The van der Waals surface area contributed by atoms with Gasteiger partial charge in [0.05, 0.1) is 12.7 Å². The smallest absolute Gasteiger partial charge is 0.550 e. The molecule has 0 saturated carbocycles. The van der Waals surface area contributed by atoms with Gasteiger partial charge in [-0.05, 0) is 19.8 Å². The van der Waals surface area contributed by atoms with Crippen LogP contribution in [-0.4, -0.2) is 24.5 Å². The van der Waals surface area contributed by atoms with Gasteiger partial charge in [-0.2, -0.15) is 0 Å². The van der Waals surface area contributed by atoms with Crippen LogP contribution in [0.5, 0.6) is 0 Å². The molecule has 0 amide bonds. The molecule has 160 valence electrons. The molecule has 1 heterocycles. The van der Waals surface area contributed by atoms with E-state index in [0.29, 0.717) is 13.0 Å². The zero-order valence-corrected chi connectivity index (χ0v) is 20.9. The zero-order chi connectivity index (χ0) is 19.8. The fourth-order valence-electron chi connectivity index (χ4n) is 3.86. The number of carboxylic acid groups (broad SMARTS) is 1. The Hall–Kier alpha value is 0.390. The number of carbonyl (C=O) groups is 1. The standard InChI is InChI=1S/C23H44O4.Na/c1-3-4-5-6-7-8-9-10-11-12-13-14-15-16-17-21-20-26-23(2,27-21)19-18-22(24)25;/h21H,3-20H2,1-2H3,(H,24,25);/q;+1/p-1. The third-order valence-corrected chi connectivity index (χ3v) is 5.65. The third-order valence-electron chi connectivity index (χ3n) is 5.65. The third kappa shape index (κ3) is 15.3. The average molecular weight is 407 g/mol. The molecule has 0 spiro atoms. The summed E-state index contributed by atoms with van der Waals surface area (Å²) in [6.45, 7) is 4.69. The second-order valence-corrected chi connectivity index (χ2v) is 8.44. The monoisotopic (exact) mass is 406 g/mol. The molecule has 28 heavy (non-hydrogen) atoms. The summed E-state index contributed by atoms with van der Waals surface area (Å²) in [4.78, 5) is 10.6. The number of unbranched alkanes of at least 4 members (excludes halogenated alkanes) is 13. The van der Waals surface area contributed by atoms with Gasteiger partial charge in [-0.1, -0.05) is 96.8 Å². The molecule has 1 rings (SSSR count). The van der Waals surface area contributed by atoms with Crippen molar-refractivity contribution >= 4 is 5.97 Å². The minimum Gasteiger partial charge on any atom is -0.550 e. The van der Waals surface area contributed by atoms with Gasteiger partial charge in [0, 0.05) is 12.4 Å². The first kappa shape index (κ1) is 28.4. The van der Waals surface area contributed by atoms with Crippen molar-refractivity contribution in [2.24, 2.45) is 0 Å². The number of aliphatic carboxylic acids is 1. The number of rotatable bonds is 18. The van der Waals surface area contributed by atoms with E-state index in [0.717, 1.165) is 6.42 Å². The van der Waals surface area contributed by atoms with Gasteiger partial charge in [0.15, 0.2) is 5.79 Å². The van der Waals surface area contributed by atoms with Crippen LogP contribution in [0.15, 0.2) is 0 Å². The van der Waals surface area contributed by atoms with Gasteiger partial charge in [0.1, 0.15) is 0 Å². The number of carboxylic acids is 1. The van der Waals surface area contributed by atoms with Crippen molar-refractivity contribution in [2.75, 3.05) is 6.61 Å². The first-order chi connectivity index (χ1) is 13.1. The first-order valence-corrected chi connectivity index (χ1v) is 11.6. The molecule has 1 fully saturated rings. The Balaban J connectivity index is 0.00000729. The number of hydrogen-bond acceptors (Lipinski definition) is 4. The van der Waals surface area contributed by atoms with Gasteiger partial charge in [0.25, 0.3) is 0 Å². The van der Waals surface area contributed by atoms with E-state index in [1.165, 1.54) is 89.9 Å². The topological polar surface area (TPSA) is 58.6 Å². The molecule has 0 aromatic rings. The van der Waals surface area contributed by atoms with Gasteiger partial charge in [-0.25, -0.2) is 0 Å². The van der Waals surface area contributed by atoms with Crippen molar-refractivity contribution < 1.29 is 48.9 Å². The maximum absolute atomic E-state index is 10.6. The van der Waals surface area contributed by atoms with Crippen LogP contribution in [0.4, 0.5) is 0 Å². The summed E-state index contributed by atoms with van der Waals surface area (Å²) in [5.74, 6) is -1.78. The molecule has 0 N–H and O–H groups in total. The van der Waals surface area contributed by atoms with Gasteiger partial charge >= 0.3 is 29.6 Å². The number of carbonyl (C=O) groups excluding carboxylic acids is 1. The Kier molecular flexibility index (Phi) is 18.4. The van der Waals surface area contributed by atoms with E-state index in [2.05, 4.69) is 6.92 Å². The molecule has 0 aromatic carbocycles. The molecular weight excluding hydrogens is 363 g/mol. The summed E-state index contributed by atoms with van der Waals surface area (Å²) in [6.07, 6.45) is 20.6. The minimum absolute atomic E-state index is 0. The fourth-order valence-corrected chi connectivity index (χ4v) is 3.86. The predicted molar refractivity (Wildman–Crippen MR) is 108 cm³/mol. The van der Waals surface area contributed by atoms with E-state index in [9.17, 15) is 9.90 Å². The predicted octanol–water partition coefficient (Wildman–Crippen LogP) is 2.52. The molecule has 5 heteroatoms. The van der Waals surface area contributed by atoms with Crippen LogP contribution in [0.25, 0.3) is 0 Å². The zero-order valence-electron chi connectivity index (χ0n) is 18.9. The van der Waals surface area contributed by atoms with E-state index in [4.69, 9.17) is 9.47 Å². The maximum atomic E-state index is 10.6. The molecule has 0 radical (unpaired) electrons. The van der Waals surface area contributed by atoms with Crippen LogP contribution in [0.3, 0.4) is 0 Å². The van der Waals surface area contributed by atoms with Crippen LogP contribution in [0.2, 0.25) is 0 Å². The minimum atomic E-state index is -1.04. The summed E-state index contributed by atoms with van der Waals surface area (Å²) in [6, 6.07) is 0. The number of ether oxygens (including phenoxy) is 2. The van der Waals surface area contributed by atoms with Gasteiger partial charge in [-0.15, -0.1) is 0 Å². The van der Waals surface area contributed by atoms with Crippen molar-refractivity contribution in [1.82, 2.24) is 0 Å². The molecule has 1 aliphatic rings. The molecule has 0 aromatic heterocycles. The van der Waals surface area contributed by atoms with Crippen LogP contribution < -0.4 is 34.7 Å². The Bertz CT molecular complexity index is 378. The van der Waals surface area contributed by atoms with E-state index < -0.39 is 11.8 Å². The van der Waals surface area contributed by atoms with Crippen molar-refractivity contribution in [2.45, 2.75) is 135 Å². The second kappa shape index (κ2) is 18.2. The summed E-state index contributed by atoms with van der Waals surface area (Å²) in [5.41, 5.74) is 0. The first-order valence-electron chi connectivity index (χ1n) is 11.6. The maximum Gasteiger partial charge on any atom is 1.00 e. The fraction of sp³-hybridized carbons (Fsp3) is 0.957. The Labute approximate surface area is 195 Å². The average Bonchev–Trinajstić information content (AvgIpc) is 3.02. The number of hydrogen-bond donors (Lipinski definition) is 0. The summed E-state index contributed by atoms with van der Waals surface area (Å²) >= 11 is 0. The Morgan fingerprint density at radius 3 is 1.82 bits per heavy atom. The Morgan fingerprint density at radius 1 is 0.893 bits per heavy atom. The molecule has 0 bridgehead atoms. The molecule has 1 aliphatic heterocycles. The molecule has 4 nitrogen and oxygen atoms in total. The molecule has 0 aliphatic carbocycles. The molecule has 2 atom stereocenters. The second-order valence-electron chi connectivity index (χ2n) is 8.44. The largest absolute Gasteiger partial charge is 1.00 e. The van der Waals surface area contributed by atoms with Gasteiger partial charge < -0.3 is 19.4 Å². The Morgan fingerprint density at radius 2 is 1.36 bits per heavy atom. The van der Waals surface area contributed by atoms with E-state index in [-0.39, 0.29) is 42.1 Å². The van der Waals surface area contributed by atoms with E-state index >= 15 is 0 Å². The van der Waals surface area contributed by atoms with Gasteiger partial charge in [0.2, 0.25) is 0 Å². The van der Waals surface area contributed by atoms with Gasteiger partial charge in [-0.3, -0.25) is 0 Å². The normalized spacial score (nSPS) is 21.6. The van der Waals surface area contributed by atoms with Crippen molar-refractivity contribution in [1.29, 1.82) is 0 Å². The van der Waals surface area contributed by atoms with Crippen molar-refractivity contribution in [3.8, 4) is 0 Å². The molecule has 2 unspecified atom stereocenters. The van der Waals surface area contributed by atoms with Crippen LogP contribution in [0, 0.1) is 0 Å². The van der Waals surface area contributed by atoms with Crippen molar-refractivity contribution in [3.05, 3.63) is 0 Å². The van der Waals surface area contributed by atoms with Crippen LogP contribution in [-0.2, 0) is 14.3 Å². The van der Waals surface area contributed by atoms with E-state index in [1.807, 2.05) is 6.92 Å². The van der Waals surface area contributed by atoms with Crippen LogP contribution >= 0.6 is 0 Å². The summed E-state index contributed by atoms with van der Waals surface area (Å²) in [7, 11) is 0. The summed E-state index contributed by atoms with van der Waals surface area (Å²) < 4.78 is 11.6. The molecular formula is C23H43NaO4. The summed E-state index contributed by atoms with van der Waals surface area (Å²) in [5, 5.41) is 10.6. The van der Waals surface area contributed by atoms with Crippen molar-refractivity contribution in [3.63, 3.8) is 0 Å².